The largest absolute Gasteiger partial charge is 0.472 e. The van der Waals surface area contributed by atoms with Crippen molar-refractivity contribution < 1.29 is 43.0 Å². The second-order valence-corrected chi connectivity index (χ2v) is 9.79. The third-order valence-electron chi connectivity index (χ3n) is 5.63. The number of carbonyl (C=O) groups excluding carboxylic acids is 1. The molecule has 0 saturated carbocycles. The van der Waals surface area contributed by atoms with Gasteiger partial charge in [0.25, 0.3) is 5.56 Å². The van der Waals surface area contributed by atoms with Crippen molar-refractivity contribution in [3.8, 4) is 0 Å². The lowest BCUT2D eigenvalue weighted by molar-refractivity contribution is -0.0515. The van der Waals surface area contributed by atoms with Gasteiger partial charge in [0, 0.05) is 12.8 Å². The number of aliphatic imine (C=N–C) groups is 1. The Morgan fingerprint density at radius 1 is 1.38 bits per heavy atom. The number of phosphoric acid groups is 1. The lowest BCUT2D eigenvalue weighted by Gasteiger charge is -2.21. The van der Waals surface area contributed by atoms with Crippen molar-refractivity contribution in [1.29, 1.82) is 0 Å². The highest BCUT2D eigenvalue weighted by Crippen LogP contribution is 2.48. The molecule has 9 N–H and O–H groups in total. The average Bonchev–Trinajstić information content (AvgIpc) is 3.48. The summed E-state index contributed by atoms with van der Waals surface area (Å²) in [5.74, 6) is -0.110. The van der Waals surface area contributed by atoms with Gasteiger partial charge < -0.3 is 46.3 Å². The van der Waals surface area contributed by atoms with E-state index in [9.17, 15) is 29.3 Å². The zero-order chi connectivity index (χ0) is 26.9. The van der Waals surface area contributed by atoms with Crippen LogP contribution in [0.1, 0.15) is 24.9 Å². The van der Waals surface area contributed by atoms with Crippen LogP contribution in [0.25, 0.3) is 11.2 Å². The van der Waals surface area contributed by atoms with Gasteiger partial charge in [-0.1, -0.05) is 0 Å². The average molecular weight is 546 g/mol. The summed E-state index contributed by atoms with van der Waals surface area (Å²) in [5, 5.41) is 22.2. The Bertz CT molecular complexity index is 1280. The van der Waals surface area contributed by atoms with Crippen molar-refractivity contribution in [3.63, 3.8) is 0 Å². The number of aliphatic hydroxyl groups is 2. The highest BCUT2D eigenvalue weighted by molar-refractivity contribution is 7.47. The Balaban J connectivity index is 1.34. The highest BCUT2D eigenvalue weighted by atomic mass is 31.2. The molecule has 0 bridgehead atoms. The van der Waals surface area contributed by atoms with E-state index in [1.165, 1.54) is 10.9 Å². The van der Waals surface area contributed by atoms with Crippen molar-refractivity contribution in [2.75, 3.05) is 13.2 Å². The normalized spacial score (nSPS) is 29.3. The number of hydrogen-bond acceptors (Lipinski definition) is 11. The fourth-order valence-electron chi connectivity index (χ4n) is 4.02. The second kappa shape index (κ2) is 10.8. The van der Waals surface area contributed by atoms with Crippen molar-refractivity contribution in [3.05, 3.63) is 22.5 Å². The molecule has 2 saturated heterocycles. The molecule has 7 atom stereocenters. The number of nitrogens with one attached hydrogen (secondary N) is 2. The molecule has 0 spiro atoms. The first-order valence-corrected chi connectivity index (χ1v) is 12.5. The van der Waals surface area contributed by atoms with Crippen LogP contribution in [-0.2, 0) is 23.1 Å². The van der Waals surface area contributed by atoms with E-state index < -0.39 is 75.5 Å². The number of nitrogens with two attached hydrogens (primary N) is 2. The lowest BCUT2D eigenvalue weighted by Crippen LogP contribution is -2.35. The monoisotopic (exact) mass is 546 g/mol. The van der Waals surface area contributed by atoms with Crippen LogP contribution in [0.4, 0.5) is 4.79 Å². The van der Waals surface area contributed by atoms with E-state index in [0.29, 0.717) is 5.82 Å². The first-order chi connectivity index (χ1) is 17.5. The van der Waals surface area contributed by atoms with Crippen molar-refractivity contribution in [2.24, 2.45) is 16.5 Å². The number of amides is 2. The molecular weight excluding hydrogens is 519 g/mol. The third kappa shape index (κ3) is 6.31. The summed E-state index contributed by atoms with van der Waals surface area (Å²) in [7, 11) is -4.73. The Morgan fingerprint density at radius 2 is 2.14 bits per heavy atom. The number of aromatic amines is 1. The molecule has 3 unspecified atom stereocenters. The van der Waals surface area contributed by atoms with Crippen LogP contribution < -0.4 is 22.3 Å². The SMILES string of the molecule is Cc1nc2c(ncn2[C@H]2CC(O)[C@@H](COP(=O)(O)OC3C[C@H](NC(=O)N=C(N)N)O[C@@H]3CO)O2)c(=O)[nH]1. The number of urea groups is 1. The maximum Gasteiger partial charge on any atom is 0.472 e. The molecule has 4 heterocycles. The number of carbonyl (C=O) groups is 1. The Hall–Kier alpha value is -2.96. The number of aliphatic hydroxyl groups excluding tert-OH is 2. The minimum absolute atomic E-state index is 0.0732. The van der Waals surface area contributed by atoms with Gasteiger partial charge in [0.15, 0.2) is 17.1 Å². The van der Waals surface area contributed by atoms with E-state index in [4.69, 9.17) is 30.0 Å². The van der Waals surface area contributed by atoms with Gasteiger partial charge in [0.2, 0.25) is 0 Å². The van der Waals surface area contributed by atoms with Crippen molar-refractivity contribution in [2.45, 2.75) is 56.6 Å². The number of rotatable bonds is 8. The topological polar surface area (TPSA) is 272 Å². The molecule has 2 fully saturated rings. The summed E-state index contributed by atoms with van der Waals surface area (Å²) in [6.07, 6.45) is -4.75. The number of phosphoric ester groups is 1. The van der Waals surface area contributed by atoms with E-state index >= 15 is 0 Å². The lowest BCUT2D eigenvalue weighted by atomic mass is 10.2. The van der Waals surface area contributed by atoms with Gasteiger partial charge >= 0.3 is 13.9 Å². The van der Waals surface area contributed by atoms with Crippen LogP contribution in [-0.4, -0.2) is 90.5 Å². The van der Waals surface area contributed by atoms with Gasteiger partial charge in [0.1, 0.15) is 36.6 Å². The molecule has 4 rings (SSSR count). The molecule has 204 valence electrons. The smallest absolute Gasteiger partial charge is 0.394 e. The molecule has 0 radical (unpaired) electrons. The molecular formula is C18H27N8O10P. The predicted octanol–water partition coefficient (Wildman–Crippen LogP) is -2.33. The zero-order valence-corrected chi connectivity index (χ0v) is 20.4. The van der Waals surface area contributed by atoms with Crippen LogP contribution in [0.2, 0.25) is 0 Å². The fourth-order valence-corrected chi connectivity index (χ4v) is 4.98. The van der Waals surface area contributed by atoms with Crippen molar-refractivity contribution in [1.82, 2.24) is 24.8 Å². The number of aromatic nitrogens is 4. The van der Waals surface area contributed by atoms with Gasteiger partial charge in [-0.05, 0) is 6.92 Å². The zero-order valence-electron chi connectivity index (χ0n) is 19.5. The molecule has 2 aromatic heterocycles. The standard InChI is InChI=1S/C18H27N8O10P/c1-7-22-15-14(16(29)23-7)21-6-26(15)13-2-8(28)11(35-13)5-33-37(31,32)36-9-3-12(34-10(9)4-27)24-18(30)25-17(19)20/h6,8-13,27-28H,2-5H2,1H3,(H,31,32)(H,22,23,29)(H5,19,20,24,25,30)/t8?,9?,10-,11-,12-,13-/m1/s1. The number of aryl methyl sites for hydroxylation is 1. The first kappa shape index (κ1) is 27.1. The molecule has 2 amide bonds. The molecule has 2 aromatic rings. The van der Waals surface area contributed by atoms with Gasteiger partial charge in [-0.2, -0.15) is 4.99 Å². The maximum atomic E-state index is 12.6. The van der Waals surface area contributed by atoms with Gasteiger partial charge in [-0.3, -0.25) is 18.4 Å². The van der Waals surface area contributed by atoms with Crippen LogP contribution in [0.15, 0.2) is 16.1 Å². The number of fused-ring (bicyclic) bond motifs is 1. The molecule has 2 aliphatic rings. The minimum Gasteiger partial charge on any atom is -0.394 e. The van der Waals surface area contributed by atoms with E-state index in [1.807, 2.05) is 0 Å². The van der Waals surface area contributed by atoms with Gasteiger partial charge in [-0.15, -0.1) is 0 Å². The van der Waals surface area contributed by atoms with E-state index in [2.05, 4.69) is 25.3 Å². The summed E-state index contributed by atoms with van der Waals surface area (Å²) in [6, 6.07) is -0.909. The summed E-state index contributed by atoms with van der Waals surface area (Å²) < 4.78 is 35.4. The Labute approximate surface area is 208 Å². The predicted molar refractivity (Wildman–Crippen MR) is 123 cm³/mol. The number of hydrogen-bond donors (Lipinski definition) is 7. The molecule has 0 aromatic carbocycles. The number of guanidine groups is 1. The summed E-state index contributed by atoms with van der Waals surface area (Å²) in [5.41, 5.74) is 10.2. The summed E-state index contributed by atoms with van der Waals surface area (Å²) in [4.78, 5) is 48.0. The third-order valence-corrected chi connectivity index (χ3v) is 6.64. The van der Waals surface area contributed by atoms with Gasteiger partial charge in [-0.25, -0.2) is 19.3 Å². The van der Waals surface area contributed by atoms with Crippen LogP contribution in [0.5, 0.6) is 0 Å². The van der Waals surface area contributed by atoms with E-state index in [1.54, 1.807) is 6.92 Å². The molecule has 37 heavy (non-hydrogen) atoms. The fraction of sp³-hybridized carbons (Fsp3) is 0.611. The van der Waals surface area contributed by atoms with Crippen LogP contribution in [0.3, 0.4) is 0 Å². The second-order valence-electron chi connectivity index (χ2n) is 8.38. The van der Waals surface area contributed by atoms with Crippen molar-refractivity contribution >= 4 is 31.0 Å². The number of imidazole rings is 1. The summed E-state index contributed by atoms with van der Waals surface area (Å²) >= 11 is 0. The molecule has 2 aliphatic heterocycles. The van der Waals surface area contributed by atoms with E-state index in [-0.39, 0.29) is 24.0 Å². The van der Waals surface area contributed by atoms with Crippen LogP contribution >= 0.6 is 7.82 Å². The number of H-pyrrole nitrogens is 1. The van der Waals surface area contributed by atoms with Crippen LogP contribution in [0, 0.1) is 6.92 Å². The quantitative estimate of drug-likeness (QED) is 0.104. The maximum absolute atomic E-state index is 12.6. The van der Waals surface area contributed by atoms with E-state index in [0.717, 1.165) is 0 Å². The number of ether oxygens (including phenoxy) is 2. The molecule has 0 aliphatic carbocycles. The Kier molecular flexibility index (Phi) is 7.91. The highest BCUT2D eigenvalue weighted by Gasteiger charge is 2.43. The van der Waals surface area contributed by atoms with Gasteiger partial charge in [0.05, 0.1) is 25.6 Å². The molecule has 19 heteroatoms. The summed E-state index contributed by atoms with van der Waals surface area (Å²) in [6.45, 7) is 0.503. The molecule has 18 nitrogen and oxygen atoms in total. The number of nitrogens with zero attached hydrogens (tertiary/aromatic N) is 4. The minimum atomic E-state index is -4.73. The first-order valence-electron chi connectivity index (χ1n) is 11.0. The Morgan fingerprint density at radius 3 is 2.84 bits per heavy atom.